The summed E-state index contributed by atoms with van der Waals surface area (Å²) in [7, 11) is 0. The summed E-state index contributed by atoms with van der Waals surface area (Å²) in [6.45, 7) is 3.80. The first kappa shape index (κ1) is 15.5. The molecule has 0 heterocycles. The molecule has 0 N–H and O–H groups in total. The quantitative estimate of drug-likeness (QED) is 0.738. The van der Waals surface area contributed by atoms with Gasteiger partial charge in [0.1, 0.15) is 0 Å². The number of nitrogens with zero attached hydrogens (tertiary/aromatic N) is 1. The summed E-state index contributed by atoms with van der Waals surface area (Å²) < 4.78 is 37.3. The fourth-order valence-electron chi connectivity index (χ4n) is 1.75. The summed E-state index contributed by atoms with van der Waals surface area (Å²) in [5, 5.41) is 0.536. The minimum Gasteiger partial charge on any atom is -0.290 e. The lowest BCUT2D eigenvalue weighted by molar-refractivity contribution is -0.146. The zero-order valence-electron chi connectivity index (χ0n) is 10.5. The van der Waals surface area contributed by atoms with Crippen LogP contribution in [0.1, 0.15) is 16.7 Å². The predicted octanol–water partition coefficient (Wildman–Crippen LogP) is 4.06. The van der Waals surface area contributed by atoms with Crippen LogP contribution in [0.4, 0.5) is 13.2 Å². The monoisotopic (exact) mass is 323 g/mol. The molecule has 1 aromatic carbocycles. The Morgan fingerprint density at radius 2 is 1.83 bits per heavy atom. The SMILES string of the molecule is Cc1ccc(CN(CCBr)CC(F)(F)F)cc1C. The number of benzene rings is 1. The second kappa shape index (κ2) is 6.57. The molecule has 0 radical (unpaired) electrons. The highest BCUT2D eigenvalue weighted by Crippen LogP contribution is 2.19. The lowest BCUT2D eigenvalue weighted by Gasteiger charge is -2.23. The standard InChI is InChI=1S/C13H17BrF3N/c1-10-3-4-12(7-11(10)2)8-18(6-5-14)9-13(15,16)17/h3-4,7H,5-6,8-9H2,1-2H3. The number of hydrogen-bond acceptors (Lipinski definition) is 1. The molecule has 18 heavy (non-hydrogen) atoms. The first-order chi connectivity index (χ1) is 8.31. The third kappa shape index (κ3) is 5.40. The molecule has 0 spiro atoms. The van der Waals surface area contributed by atoms with Crippen LogP contribution in [0.15, 0.2) is 18.2 Å². The highest BCUT2D eigenvalue weighted by atomic mass is 79.9. The van der Waals surface area contributed by atoms with E-state index in [1.54, 1.807) is 0 Å². The molecule has 0 saturated carbocycles. The zero-order valence-corrected chi connectivity index (χ0v) is 12.1. The largest absolute Gasteiger partial charge is 0.401 e. The Balaban J connectivity index is 2.73. The van der Waals surface area contributed by atoms with Crippen molar-refractivity contribution in [1.29, 1.82) is 0 Å². The smallest absolute Gasteiger partial charge is 0.290 e. The third-order valence-corrected chi connectivity index (χ3v) is 3.14. The molecule has 1 nitrogen and oxygen atoms in total. The first-order valence-electron chi connectivity index (χ1n) is 5.73. The van der Waals surface area contributed by atoms with Gasteiger partial charge in [0.2, 0.25) is 0 Å². The molecular weight excluding hydrogens is 307 g/mol. The topological polar surface area (TPSA) is 3.24 Å². The lowest BCUT2D eigenvalue weighted by Crippen LogP contribution is -2.35. The third-order valence-electron chi connectivity index (χ3n) is 2.78. The second-order valence-corrected chi connectivity index (χ2v) is 5.23. The van der Waals surface area contributed by atoms with Crippen molar-refractivity contribution >= 4 is 15.9 Å². The molecule has 0 aromatic heterocycles. The van der Waals surface area contributed by atoms with Gasteiger partial charge in [-0.1, -0.05) is 34.1 Å². The van der Waals surface area contributed by atoms with Gasteiger partial charge in [-0.25, -0.2) is 0 Å². The minimum absolute atomic E-state index is 0.326. The molecule has 0 aliphatic rings. The molecule has 1 rings (SSSR count). The van der Waals surface area contributed by atoms with Crippen LogP contribution >= 0.6 is 15.9 Å². The van der Waals surface area contributed by atoms with Crippen molar-refractivity contribution in [3.05, 3.63) is 34.9 Å². The summed E-state index contributed by atoms with van der Waals surface area (Å²) >= 11 is 3.19. The van der Waals surface area contributed by atoms with E-state index >= 15 is 0 Å². The summed E-state index contributed by atoms with van der Waals surface area (Å²) in [5.41, 5.74) is 3.18. The van der Waals surface area contributed by atoms with E-state index < -0.39 is 12.7 Å². The lowest BCUT2D eigenvalue weighted by atomic mass is 10.1. The highest BCUT2D eigenvalue weighted by molar-refractivity contribution is 9.09. The fourth-order valence-corrected chi connectivity index (χ4v) is 2.25. The van der Waals surface area contributed by atoms with Crippen molar-refractivity contribution in [2.45, 2.75) is 26.6 Å². The Morgan fingerprint density at radius 1 is 1.17 bits per heavy atom. The van der Waals surface area contributed by atoms with Gasteiger partial charge in [0.25, 0.3) is 0 Å². The normalized spacial score (nSPS) is 12.2. The molecule has 0 aliphatic carbocycles. The van der Waals surface area contributed by atoms with Gasteiger partial charge in [0.05, 0.1) is 6.54 Å². The molecule has 0 bridgehead atoms. The van der Waals surface area contributed by atoms with Crippen LogP contribution in [-0.2, 0) is 6.54 Å². The maximum absolute atomic E-state index is 12.4. The van der Waals surface area contributed by atoms with Crippen LogP contribution in [0, 0.1) is 13.8 Å². The molecule has 0 fully saturated rings. The van der Waals surface area contributed by atoms with Gasteiger partial charge >= 0.3 is 6.18 Å². The van der Waals surface area contributed by atoms with E-state index in [1.165, 1.54) is 4.90 Å². The summed E-state index contributed by atoms with van der Waals surface area (Å²) in [6.07, 6.45) is -4.15. The molecule has 5 heteroatoms. The van der Waals surface area contributed by atoms with Gasteiger partial charge in [-0.3, -0.25) is 4.90 Å². The van der Waals surface area contributed by atoms with Gasteiger partial charge < -0.3 is 0 Å². The van der Waals surface area contributed by atoms with Gasteiger partial charge in [0, 0.05) is 18.4 Å². The van der Waals surface area contributed by atoms with E-state index in [2.05, 4.69) is 15.9 Å². The van der Waals surface area contributed by atoms with Crippen LogP contribution in [0.3, 0.4) is 0 Å². The van der Waals surface area contributed by atoms with Crippen molar-refractivity contribution in [2.24, 2.45) is 0 Å². The van der Waals surface area contributed by atoms with Gasteiger partial charge in [-0.15, -0.1) is 0 Å². The first-order valence-corrected chi connectivity index (χ1v) is 6.85. The van der Waals surface area contributed by atoms with E-state index in [0.29, 0.717) is 18.4 Å². The second-order valence-electron chi connectivity index (χ2n) is 4.43. The molecule has 0 aliphatic heterocycles. The van der Waals surface area contributed by atoms with E-state index in [4.69, 9.17) is 0 Å². The van der Waals surface area contributed by atoms with Crippen LogP contribution in [0.2, 0.25) is 0 Å². The van der Waals surface area contributed by atoms with Crippen LogP contribution in [0.25, 0.3) is 0 Å². The number of halogens is 4. The van der Waals surface area contributed by atoms with E-state index in [1.807, 2.05) is 32.0 Å². The van der Waals surface area contributed by atoms with Crippen molar-refractivity contribution in [3.63, 3.8) is 0 Å². The molecule has 0 amide bonds. The van der Waals surface area contributed by atoms with Crippen molar-refractivity contribution < 1.29 is 13.2 Å². The van der Waals surface area contributed by atoms with Crippen molar-refractivity contribution in [2.75, 3.05) is 18.4 Å². The van der Waals surface area contributed by atoms with Crippen molar-refractivity contribution in [3.8, 4) is 0 Å². The van der Waals surface area contributed by atoms with Gasteiger partial charge in [-0.05, 0) is 30.5 Å². The fraction of sp³-hybridized carbons (Fsp3) is 0.538. The van der Waals surface area contributed by atoms with E-state index in [0.717, 1.165) is 16.7 Å². The summed E-state index contributed by atoms with van der Waals surface area (Å²) in [4.78, 5) is 1.40. The maximum Gasteiger partial charge on any atom is 0.401 e. The molecular formula is C13H17BrF3N. The molecule has 0 unspecified atom stereocenters. The number of rotatable bonds is 5. The Morgan fingerprint density at radius 3 is 2.33 bits per heavy atom. The van der Waals surface area contributed by atoms with Gasteiger partial charge in [-0.2, -0.15) is 13.2 Å². The molecule has 1 aromatic rings. The Bertz CT molecular complexity index is 390. The average Bonchev–Trinajstić information content (AvgIpc) is 2.21. The zero-order chi connectivity index (χ0) is 13.8. The van der Waals surface area contributed by atoms with Crippen LogP contribution in [-0.4, -0.2) is 29.5 Å². The predicted molar refractivity (Wildman–Crippen MR) is 71.0 cm³/mol. The van der Waals surface area contributed by atoms with E-state index in [-0.39, 0.29) is 0 Å². The summed E-state index contributed by atoms with van der Waals surface area (Å²) in [6, 6.07) is 5.79. The Hall–Kier alpha value is -0.550. The van der Waals surface area contributed by atoms with Crippen LogP contribution in [0.5, 0.6) is 0 Å². The number of hydrogen-bond donors (Lipinski definition) is 0. The van der Waals surface area contributed by atoms with Crippen molar-refractivity contribution in [1.82, 2.24) is 4.90 Å². The minimum atomic E-state index is -4.15. The molecule has 0 saturated heterocycles. The molecule has 0 atom stereocenters. The average molecular weight is 324 g/mol. The Labute approximate surface area is 114 Å². The number of alkyl halides is 4. The molecule has 102 valence electrons. The number of aryl methyl sites for hydroxylation is 2. The van der Waals surface area contributed by atoms with Crippen LogP contribution < -0.4 is 0 Å². The van der Waals surface area contributed by atoms with Gasteiger partial charge in [0.15, 0.2) is 0 Å². The maximum atomic E-state index is 12.4. The summed E-state index contributed by atoms with van der Waals surface area (Å²) in [5.74, 6) is 0. The Kier molecular flexibility index (Phi) is 5.66. The highest BCUT2D eigenvalue weighted by Gasteiger charge is 2.30. The van der Waals surface area contributed by atoms with E-state index in [9.17, 15) is 13.2 Å².